The van der Waals surface area contributed by atoms with Gasteiger partial charge in [0.15, 0.2) is 6.10 Å². The monoisotopic (exact) mass is 321 g/mol. The van der Waals surface area contributed by atoms with Gasteiger partial charge in [-0.25, -0.2) is 4.39 Å². The SMILES string of the molecule is CC(Oc1ccc(F)cc1)C(=O)N(C)Cc1ccc(Cl)cc1. The number of ether oxygens (including phenoxy) is 1. The number of hydrogen-bond donors (Lipinski definition) is 0. The Morgan fingerprint density at radius 2 is 1.77 bits per heavy atom. The van der Waals surface area contributed by atoms with Crippen LogP contribution in [0, 0.1) is 5.82 Å². The van der Waals surface area contributed by atoms with Gasteiger partial charge in [-0.2, -0.15) is 0 Å². The lowest BCUT2D eigenvalue weighted by Gasteiger charge is -2.22. The van der Waals surface area contributed by atoms with E-state index in [4.69, 9.17) is 16.3 Å². The van der Waals surface area contributed by atoms with E-state index in [1.807, 2.05) is 12.1 Å². The zero-order chi connectivity index (χ0) is 16.1. The van der Waals surface area contributed by atoms with Crippen LogP contribution in [0.25, 0.3) is 0 Å². The maximum atomic E-state index is 12.8. The lowest BCUT2D eigenvalue weighted by atomic mass is 10.2. The fourth-order valence-corrected chi connectivity index (χ4v) is 2.15. The highest BCUT2D eigenvalue weighted by atomic mass is 35.5. The first kappa shape index (κ1) is 16.3. The van der Waals surface area contributed by atoms with Crippen LogP contribution in [-0.2, 0) is 11.3 Å². The van der Waals surface area contributed by atoms with Crippen molar-refractivity contribution in [3.8, 4) is 5.75 Å². The summed E-state index contributed by atoms with van der Waals surface area (Å²) in [6.07, 6.45) is -0.650. The second-order valence-electron chi connectivity index (χ2n) is 5.03. The Balaban J connectivity index is 1.94. The molecule has 116 valence electrons. The minimum absolute atomic E-state index is 0.153. The first-order valence-electron chi connectivity index (χ1n) is 6.87. The molecule has 2 rings (SSSR count). The van der Waals surface area contributed by atoms with Crippen molar-refractivity contribution in [2.45, 2.75) is 19.6 Å². The zero-order valence-corrected chi connectivity index (χ0v) is 13.2. The van der Waals surface area contributed by atoms with Gasteiger partial charge in [0.1, 0.15) is 11.6 Å². The Morgan fingerprint density at radius 3 is 2.36 bits per heavy atom. The summed E-state index contributed by atoms with van der Waals surface area (Å²) in [6, 6.07) is 12.9. The molecule has 5 heteroatoms. The zero-order valence-electron chi connectivity index (χ0n) is 12.4. The number of benzene rings is 2. The number of rotatable bonds is 5. The molecule has 2 aromatic carbocycles. The molecular weight excluding hydrogens is 305 g/mol. The van der Waals surface area contributed by atoms with Crippen LogP contribution in [0.5, 0.6) is 5.75 Å². The van der Waals surface area contributed by atoms with Gasteiger partial charge in [-0.1, -0.05) is 23.7 Å². The van der Waals surface area contributed by atoms with E-state index in [2.05, 4.69) is 0 Å². The molecule has 0 radical (unpaired) electrons. The third-order valence-corrected chi connectivity index (χ3v) is 3.44. The summed E-state index contributed by atoms with van der Waals surface area (Å²) in [7, 11) is 1.71. The third-order valence-electron chi connectivity index (χ3n) is 3.18. The Kier molecular flexibility index (Phi) is 5.39. The van der Waals surface area contributed by atoms with E-state index in [1.165, 1.54) is 24.3 Å². The summed E-state index contributed by atoms with van der Waals surface area (Å²) < 4.78 is 18.4. The number of amides is 1. The van der Waals surface area contributed by atoms with Crippen LogP contribution in [0.2, 0.25) is 5.02 Å². The molecule has 0 saturated carbocycles. The predicted octanol–water partition coefficient (Wildman–Crippen LogP) is 3.91. The van der Waals surface area contributed by atoms with Crippen LogP contribution < -0.4 is 4.74 Å². The molecule has 0 aliphatic rings. The molecule has 22 heavy (non-hydrogen) atoms. The van der Waals surface area contributed by atoms with Crippen LogP contribution in [0.1, 0.15) is 12.5 Å². The topological polar surface area (TPSA) is 29.5 Å². The summed E-state index contributed by atoms with van der Waals surface area (Å²) in [5.41, 5.74) is 0.981. The largest absolute Gasteiger partial charge is 0.481 e. The fraction of sp³-hybridized carbons (Fsp3) is 0.235. The van der Waals surface area contributed by atoms with Crippen LogP contribution in [0.3, 0.4) is 0 Å². The Bertz CT molecular complexity index is 573. The van der Waals surface area contributed by atoms with Gasteiger partial charge < -0.3 is 9.64 Å². The molecule has 1 unspecified atom stereocenters. The maximum absolute atomic E-state index is 12.8. The first-order chi connectivity index (χ1) is 10.5. The van der Waals surface area contributed by atoms with E-state index in [0.29, 0.717) is 17.3 Å². The first-order valence-corrected chi connectivity index (χ1v) is 7.25. The van der Waals surface area contributed by atoms with E-state index in [1.54, 1.807) is 31.0 Å². The summed E-state index contributed by atoms with van der Waals surface area (Å²) in [5, 5.41) is 0.658. The van der Waals surface area contributed by atoms with Crippen molar-refractivity contribution in [1.29, 1.82) is 0 Å². The maximum Gasteiger partial charge on any atom is 0.263 e. The van der Waals surface area contributed by atoms with Gasteiger partial charge in [0, 0.05) is 18.6 Å². The smallest absolute Gasteiger partial charge is 0.263 e. The van der Waals surface area contributed by atoms with E-state index >= 15 is 0 Å². The van der Waals surface area contributed by atoms with Crippen molar-refractivity contribution < 1.29 is 13.9 Å². The van der Waals surface area contributed by atoms with Crippen LogP contribution in [-0.4, -0.2) is 24.0 Å². The van der Waals surface area contributed by atoms with Crippen LogP contribution in [0.15, 0.2) is 48.5 Å². The second kappa shape index (κ2) is 7.27. The van der Waals surface area contributed by atoms with Crippen LogP contribution >= 0.6 is 11.6 Å². The van der Waals surface area contributed by atoms with Gasteiger partial charge in [-0.3, -0.25) is 4.79 Å². The molecule has 0 aliphatic heterocycles. The van der Waals surface area contributed by atoms with Gasteiger partial charge in [0.25, 0.3) is 5.91 Å². The average Bonchev–Trinajstić information content (AvgIpc) is 2.51. The van der Waals surface area contributed by atoms with Gasteiger partial charge in [0.05, 0.1) is 0 Å². The van der Waals surface area contributed by atoms with E-state index in [-0.39, 0.29) is 11.7 Å². The second-order valence-corrected chi connectivity index (χ2v) is 5.47. The lowest BCUT2D eigenvalue weighted by molar-refractivity contribution is -0.137. The Hall–Kier alpha value is -2.07. The molecule has 0 saturated heterocycles. The van der Waals surface area contributed by atoms with Crippen molar-refractivity contribution in [2.24, 2.45) is 0 Å². The van der Waals surface area contributed by atoms with E-state index in [0.717, 1.165) is 5.56 Å². The number of carbonyl (C=O) groups is 1. The molecule has 2 aromatic rings. The van der Waals surface area contributed by atoms with Crippen molar-refractivity contribution in [1.82, 2.24) is 4.90 Å². The van der Waals surface area contributed by atoms with Gasteiger partial charge in [-0.05, 0) is 48.9 Å². The molecule has 0 aliphatic carbocycles. The van der Waals surface area contributed by atoms with Crippen molar-refractivity contribution in [2.75, 3.05) is 7.05 Å². The summed E-state index contributed by atoms with van der Waals surface area (Å²) in [4.78, 5) is 13.9. The summed E-state index contributed by atoms with van der Waals surface area (Å²) in [6.45, 7) is 2.14. The Morgan fingerprint density at radius 1 is 1.18 bits per heavy atom. The highest BCUT2D eigenvalue weighted by molar-refractivity contribution is 6.30. The number of nitrogens with zero attached hydrogens (tertiary/aromatic N) is 1. The van der Waals surface area contributed by atoms with Gasteiger partial charge in [0.2, 0.25) is 0 Å². The normalized spacial score (nSPS) is 11.8. The van der Waals surface area contributed by atoms with Gasteiger partial charge >= 0.3 is 0 Å². The molecule has 0 N–H and O–H groups in total. The molecule has 1 atom stereocenters. The number of halogens is 2. The number of likely N-dealkylation sites (N-methyl/N-ethyl adjacent to an activating group) is 1. The third kappa shape index (κ3) is 4.46. The molecule has 0 fully saturated rings. The lowest BCUT2D eigenvalue weighted by Crippen LogP contribution is -2.37. The minimum atomic E-state index is -0.650. The summed E-state index contributed by atoms with van der Waals surface area (Å²) in [5.74, 6) is -0.0346. The molecule has 0 aromatic heterocycles. The molecule has 0 heterocycles. The predicted molar refractivity (Wildman–Crippen MR) is 84.4 cm³/mol. The molecule has 3 nitrogen and oxygen atoms in total. The molecule has 0 bridgehead atoms. The molecule has 1 amide bonds. The molecular formula is C17H17ClFNO2. The van der Waals surface area contributed by atoms with Crippen LogP contribution in [0.4, 0.5) is 4.39 Å². The highest BCUT2D eigenvalue weighted by Crippen LogP contribution is 2.15. The molecule has 0 spiro atoms. The van der Waals surface area contributed by atoms with Gasteiger partial charge in [-0.15, -0.1) is 0 Å². The summed E-state index contributed by atoms with van der Waals surface area (Å²) >= 11 is 5.84. The van der Waals surface area contributed by atoms with E-state index in [9.17, 15) is 9.18 Å². The fourth-order valence-electron chi connectivity index (χ4n) is 2.02. The number of carbonyl (C=O) groups excluding carboxylic acids is 1. The van der Waals surface area contributed by atoms with E-state index < -0.39 is 6.10 Å². The van der Waals surface area contributed by atoms with Crippen molar-refractivity contribution in [3.05, 3.63) is 64.9 Å². The standard InChI is InChI=1S/C17H17ClFNO2/c1-12(22-16-9-7-15(19)8-10-16)17(21)20(2)11-13-3-5-14(18)6-4-13/h3-10,12H,11H2,1-2H3. The Labute approximate surface area is 134 Å². The quantitative estimate of drug-likeness (QED) is 0.835. The highest BCUT2D eigenvalue weighted by Gasteiger charge is 2.19. The average molecular weight is 322 g/mol. The number of hydrogen-bond acceptors (Lipinski definition) is 2. The minimum Gasteiger partial charge on any atom is -0.481 e. The van der Waals surface area contributed by atoms with Crippen molar-refractivity contribution in [3.63, 3.8) is 0 Å². The van der Waals surface area contributed by atoms with Crippen molar-refractivity contribution >= 4 is 17.5 Å².